The van der Waals surface area contributed by atoms with E-state index in [0.29, 0.717) is 17.9 Å². The van der Waals surface area contributed by atoms with Crippen molar-refractivity contribution in [3.05, 3.63) is 59.2 Å². The average Bonchev–Trinajstić information content (AvgIpc) is 2.46. The minimum absolute atomic E-state index is 0.0674. The molecule has 1 amide bonds. The van der Waals surface area contributed by atoms with Crippen LogP contribution in [0, 0.1) is 11.6 Å². The van der Waals surface area contributed by atoms with Crippen molar-refractivity contribution in [2.45, 2.75) is 31.9 Å². The Balaban J connectivity index is 1.91. The van der Waals surface area contributed by atoms with Gasteiger partial charge in [0, 0.05) is 29.3 Å². The molecule has 0 radical (unpaired) electrons. The molecular formula is C18H18F2N2O2. The molecule has 0 saturated carbocycles. The Morgan fingerprint density at radius 3 is 2.54 bits per heavy atom. The normalized spacial score (nSPS) is 18.4. The van der Waals surface area contributed by atoms with E-state index in [1.54, 1.807) is 18.2 Å². The molecule has 1 heterocycles. The van der Waals surface area contributed by atoms with Gasteiger partial charge in [0.15, 0.2) is 0 Å². The lowest BCUT2D eigenvalue weighted by molar-refractivity contribution is 0.0619. The number of anilines is 1. The van der Waals surface area contributed by atoms with Crippen molar-refractivity contribution in [3.8, 4) is 5.75 Å². The summed E-state index contributed by atoms with van der Waals surface area (Å²) < 4.78 is 32.6. The molecule has 0 bridgehead atoms. The van der Waals surface area contributed by atoms with Crippen LogP contribution in [0.1, 0.15) is 42.2 Å². The van der Waals surface area contributed by atoms with Crippen LogP contribution in [0.3, 0.4) is 0 Å². The van der Waals surface area contributed by atoms with E-state index in [1.807, 2.05) is 13.8 Å². The zero-order chi connectivity index (χ0) is 17.5. The minimum Gasteiger partial charge on any atom is -0.487 e. The number of nitrogen functional groups attached to an aromatic ring is 1. The van der Waals surface area contributed by atoms with E-state index >= 15 is 0 Å². The number of halogens is 2. The number of benzene rings is 2. The van der Waals surface area contributed by atoms with Crippen molar-refractivity contribution in [2.24, 2.45) is 0 Å². The van der Waals surface area contributed by atoms with Gasteiger partial charge in [-0.05, 0) is 44.2 Å². The average molecular weight is 332 g/mol. The first-order valence-electron chi connectivity index (χ1n) is 7.59. The Morgan fingerprint density at radius 2 is 1.88 bits per heavy atom. The molecule has 0 aliphatic carbocycles. The van der Waals surface area contributed by atoms with Gasteiger partial charge >= 0.3 is 0 Å². The van der Waals surface area contributed by atoms with Gasteiger partial charge in [0.2, 0.25) is 0 Å². The third kappa shape index (κ3) is 3.32. The van der Waals surface area contributed by atoms with Crippen LogP contribution in [0.15, 0.2) is 36.4 Å². The summed E-state index contributed by atoms with van der Waals surface area (Å²) in [4.78, 5) is 12.4. The van der Waals surface area contributed by atoms with Crippen LogP contribution in [0.25, 0.3) is 0 Å². The van der Waals surface area contributed by atoms with Crippen LogP contribution in [-0.2, 0) is 0 Å². The smallest absolute Gasteiger partial charge is 0.251 e. The summed E-state index contributed by atoms with van der Waals surface area (Å²) in [5, 5.41) is 2.82. The highest BCUT2D eigenvalue weighted by Crippen LogP contribution is 2.40. The Labute approximate surface area is 138 Å². The van der Waals surface area contributed by atoms with Crippen molar-refractivity contribution >= 4 is 11.6 Å². The van der Waals surface area contributed by atoms with E-state index < -0.39 is 23.1 Å². The number of nitrogens with one attached hydrogen (secondary N) is 1. The maximum absolute atomic E-state index is 13.3. The van der Waals surface area contributed by atoms with Crippen molar-refractivity contribution in [3.63, 3.8) is 0 Å². The molecule has 2 aromatic rings. The molecule has 1 aliphatic heterocycles. The molecule has 2 aromatic carbocycles. The summed E-state index contributed by atoms with van der Waals surface area (Å²) in [6.45, 7) is 3.82. The fourth-order valence-corrected chi connectivity index (χ4v) is 2.93. The maximum atomic E-state index is 13.3. The number of carbonyl (C=O) groups excluding carboxylic acids is 1. The zero-order valence-corrected chi connectivity index (χ0v) is 13.4. The summed E-state index contributed by atoms with van der Waals surface area (Å²) in [5.41, 5.74) is 6.57. The predicted octanol–water partition coefficient (Wildman–Crippen LogP) is 3.58. The van der Waals surface area contributed by atoms with Crippen molar-refractivity contribution in [1.29, 1.82) is 0 Å². The molecule has 0 fully saturated rings. The molecule has 1 aliphatic rings. The standard InChI is InChI=1S/C18H18F2N2O2/c1-18(2)9-15(14-8-13(21)3-4-16(14)24-18)22-17(23)10-5-11(19)7-12(20)6-10/h3-8,15H,9,21H2,1-2H3,(H,22,23). The molecule has 24 heavy (non-hydrogen) atoms. The number of amides is 1. The highest BCUT2D eigenvalue weighted by atomic mass is 19.1. The van der Waals surface area contributed by atoms with Crippen molar-refractivity contribution < 1.29 is 18.3 Å². The molecule has 0 aromatic heterocycles. The molecule has 0 saturated heterocycles. The summed E-state index contributed by atoms with van der Waals surface area (Å²) >= 11 is 0. The van der Waals surface area contributed by atoms with Gasteiger partial charge in [-0.3, -0.25) is 4.79 Å². The molecule has 1 unspecified atom stereocenters. The van der Waals surface area contributed by atoms with E-state index in [4.69, 9.17) is 10.5 Å². The number of hydrogen-bond donors (Lipinski definition) is 2. The number of fused-ring (bicyclic) bond motifs is 1. The molecule has 4 nitrogen and oxygen atoms in total. The van der Waals surface area contributed by atoms with Gasteiger partial charge in [-0.25, -0.2) is 8.78 Å². The van der Waals surface area contributed by atoms with Crippen LogP contribution in [0.5, 0.6) is 5.75 Å². The van der Waals surface area contributed by atoms with Crippen molar-refractivity contribution in [1.82, 2.24) is 5.32 Å². The number of rotatable bonds is 2. The number of nitrogens with two attached hydrogens (primary N) is 1. The van der Waals surface area contributed by atoms with Crippen LogP contribution in [0.4, 0.5) is 14.5 Å². The second-order valence-corrected chi connectivity index (χ2v) is 6.55. The molecule has 3 rings (SSSR count). The lowest BCUT2D eigenvalue weighted by Gasteiger charge is -2.38. The molecule has 3 N–H and O–H groups in total. The zero-order valence-electron chi connectivity index (χ0n) is 13.4. The molecular weight excluding hydrogens is 314 g/mol. The predicted molar refractivity (Wildman–Crippen MR) is 86.7 cm³/mol. The molecule has 126 valence electrons. The SMILES string of the molecule is CC1(C)CC(NC(=O)c2cc(F)cc(F)c2)c2cc(N)ccc2O1. The van der Waals surface area contributed by atoms with Gasteiger partial charge in [0.1, 0.15) is 23.0 Å². The van der Waals surface area contributed by atoms with Gasteiger partial charge in [0.25, 0.3) is 5.91 Å². The van der Waals surface area contributed by atoms with E-state index in [0.717, 1.165) is 23.8 Å². The summed E-state index contributed by atoms with van der Waals surface area (Å²) in [6.07, 6.45) is 0.507. The number of carbonyl (C=O) groups is 1. The van der Waals surface area contributed by atoms with E-state index in [-0.39, 0.29) is 11.6 Å². The summed E-state index contributed by atoms with van der Waals surface area (Å²) in [7, 11) is 0. The molecule has 0 spiro atoms. The van der Waals surface area contributed by atoms with Crippen molar-refractivity contribution in [2.75, 3.05) is 5.73 Å². The maximum Gasteiger partial charge on any atom is 0.251 e. The van der Waals surface area contributed by atoms with Crippen LogP contribution >= 0.6 is 0 Å². The Bertz CT molecular complexity index is 785. The van der Waals surface area contributed by atoms with Gasteiger partial charge in [0.05, 0.1) is 6.04 Å². The second-order valence-electron chi connectivity index (χ2n) is 6.55. The van der Waals surface area contributed by atoms with Gasteiger partial charge in [-0.15, -0.1) is 0 Å². The van der Waals surface area contributed by atoms with E-state index in [9.17, 15) is 13.6 Å². The van der Waals surface area contributed by atoms with Gasteiger partial charge in [-0.1, -0.05) is 0 Å². The molecule has 6 heteroatoms. The van der Waals surface area contributed by atoms with E-state index in [1.165, 1.54) is 0 Å². The fourth-order valence-electron chi connectivity index (χ4n) is 2.93. The van der Waals surface area contributed by atoms with Crippen LogP contribution in [0.2, 0.25) is 0 Å². The quantitative estimate of drug-likeness (QED) is 0.826. The van der Waals surface area contributed by atoms with Gasteiger partial charge < -0.3 is 15.8 Å². The lowest BCUT2D eigenvalue weighted by Crippen LogP contribution is -2.41. The minimum atomic E-state index is -0.794. The highest BCUT2D eigenvalue weighted by Gasteiger charge is 2.34. The first-order valence-corrected chi connectivity index (χ1v) is 7.59. The largest absolute Gasteiger partial charge is 0.487 e. The van der Waals surface area contributed by atoms with Crippen LogP contribution in [-0.4, -0.2) is 11.5 Å². The third-order valence-corrected chi connectivity index (χ3v) is 3.92. The molecule has 1 atom stereocenters. The first kappa shape index (κ1) is 16.2. The van der Waals surface area contributed by atoms with Gasteiger partial charge in [-0.2, -0.15) is 0 Å². The second kappa shape index (κ2) is 5.78. The number of hydrogen-bond acceptors (Lipinski definition) is 3. The third-order valence-electron chi connectivity index (χ3n) is 3.92. The number of ether oxygens (including phenoxy) is 1. The fraction of sp³-hybridized carbons (Fsp3) is 0.278. The Hall–Kier alpha value is -2.63. The Kier molecular flexibility index (Phi) is 3.91. The topological polar surface area (TPSA) is 64.4 Å². The summed E-state index contributed by atoms with van der Waals surface area (Å²) in [5.74, 6) is -1.50. The van der Waals surface area contributed by atoms with Crippen LogP contribution < -0.4 is 15.8 Å². The summed E-state index contributed by atoms with van der Waals surface area (Å²) in [6, 6.07) is 7.58. The highest BCUT2D eigenvalue weighted by molar-refractivity contribution is 5.94. The van der Waals surface area contributed by atoms with E-state index in [2.05, 4.69) is 5.32 Å². The Morgan fingerprint density at radius 1 is 1.21 bits per heavy atom. The monoisotopic (exact) mass is 332 g/mol. The lowest BCUT2D eigenvalue weighted by atomic mass is 9.89. The first-order chi connectivity index (χ1) is 11.2.